The summed E-state index contributed by atoms with van der Waals surface area (Å²) in [6.45, 7) is -0.634. The maximum Gasteiger partial charge on any atom is 0.264 e. The maximum atomic E-state index is 11.6. The first-order valence-corrected chi connectivity index (χ1v) is 14.1. The number of ether oxygens (including phenoxy) is 4. The first-order valence-electron chi connectivity index (χ1n) is 10.5. The molecule has 2 aliphatic rings. The quantitative estimate of drug-likeness (QED) is 0.458. The third-order valence-electron chi connectivity index (χ3n) is 5.25. The van der Waals surface area contributed by atoms with Crippen LogP contribution in [0.15, 0.2) is 60.7 Å². The van der Waals surface area contributed by atoms with Gasteiger partial charge < -0.3 is 18.9 Å². The van der Waals surface area contributed by atoms with E-state index >= 15 is 0 Å². The first kappa shape index (κ1) is 25.2. The summed E-state index contributed by atoms with van der Waals surface area (Å²) in [5.41, 5.74) is 1.44. The molecule has 0 aliphatic carbocycles. The van der Waals surface area contributed by atoms with Crippen LogP contribution >= 0.6 is 0 Å². The van der Waals surface area contributed by atoms with Crippen LogP contribution in [-0.4, -0.2) is 67.0 Å². The highest BCUT2D eigenvalue weighted by Gasteiger charge is 2.50. The Morgan fingerprint density at radius 2 is 0.971 bits per heavy atom. The molecule has 2 fully saturated rings. The van der Waals surface area contributed by atoms with Crippen molar-refractivity contribution in [1.82, 2.24) is 0 Å². The Morgan fingerprint density at radius 3 is 1.29 bits per heavy atom. The van der Waals surface area contributed by atoms with Crippen LogP contribution in [0, 0.1) is 0 Å². The lowest BCUT2D eigenvalue weighted by Crippen LogP contribution is -2.45. The van der Waals surface area contributed by atoms with Crippen molar-refractivity contribution in [2.24, 2.45) is 0 Å². The molecule has 2 heterocycles. The number of benzene rings is 2. The second kappa shape index (κ2) is 10.4. The first-order chi connectivity index (χ1) is 16.1. The molecule has 2 aromatic carbocycles. The molecule has 0 unspecified atom stereocenters. The molecule has 186 valence electrons. The average molecular weight is 515 g/mol. The Hall–Kier alpha value is -1.90. The van der Waals surface area contributed by atoms with Gasteiger partial charge in [-0.25, -0.2) is 0 Å². The Morgan fingerprint density at radius 1 is 0.618 bits per heavy atom. The molecular weight excluding hydrogens is 488 g/mol. The molecule has 10 nitrogen and oxygen atoms in total. The molecule has 4 rings (SSSR count). The Bertz CT molecular complexity index is 1060. The van der Waals surface area contributed by atoms with Crippen molar-refractivity contribution in [1.29, 1.82) is 0 Å². The minimum atomic E-state index is -3.75. The summed E-state index contributed by atoms with van der Waals surface area (Å²) in [4.78, 5) is 0. The smallest absolute Gasteiger partial charge is 0.264 e. The standard InChI is InChI=1S/C22H26O10S2/c1-33(23,24)27-13-17-19(31-21(29-17)15-9-5-3-6-10-15)20-18(14-28-34(2,25)26)30-22(32-20)16-11-7-4-8-12-16/h3-12,17-22H,13-14H2,1-2H3/t17-,18+,19-,20+,21-,22+. The zero-order valence-electron chi connectivity index (χ0n) is 18.6. The van der Waals surface area contributed by atoms with Gasteiger partial charge in [0.1, 0.15) is 24.4 Å². The lowest BCUT2D eigenvalue weighted by molar-refractivity contribution is -0.107. The lowest BCUT2D eigenvalue weighted by atomic mass is 10.0. The molecule has 6 atom stereocenters. The summed E-state index contributed by atoms with van der Waals surface area (Å²) in [5, 5.41) is 0. The van der Waals surface area contributed by atoms with Crippen molar-refractivity contribution in [2.45, 2.75) is 37.0 Å². The largest absolute Gasteiger partial charge is 0.340 e. The fraction of sp³-hybridized carbons (Fsp3) is 0.455. The van der Waals surface area contributed by atoms with Gasteiger partial charge in [0.2, 0.25) is 0 Å². The van der Waals surface area contributed by atoms with Gasteiger partial charge in [-0.15, -0.1) is 0 Å². The van der Waals surface area contributed by atoms with Crippen molar-refractivity contribution >= 4 is 20.2 Å². The molecule has 0 aromatic heterocycles. The molecule has 0 radical (unpaired) electrons. The average Bonchev–Trinajstić information content (AvgIpc) is 3.41. The highest BCUT2D eigenvalue weighted by atomic mass is 32.2. The van der Waals surface area contributed by atoms with Crippen LogP contribution in [0.2, 0.25) is 0 Å². The summed E-state index contributed by atoms with van der Waals surface area (Å²) in [7, 11) is -7.50. The van der Waals surface area contributed by atoms with Crippen LogP contribution in [0.4, 0.5) is 0 Å². The van der Waals surface area contributed by atoms with E-state index in [1.807, 2.05) is 60.7 Å². The van der Waals surface area contributed by atoms with Gasteiger partial charge in [-0.05, 0) is 0 Å². The van der Waals surface area contributed by atoms with Gasteiger partial charge in [0.15, 0.2) is 12.6 Å². The van der Waals surface area contributed by atoms with E-state index in [-0.39, 0.29) is 13.2 Å². The van der Waals surface area contributed by atoms with Crippen LogP contribution < -0.4 is 0 Å². The second-order valence-electron chi connectivity index (χ2n) is 8.01. The topological polar surface area (TPSA) is 124 Å². The molecule has 34 heavy (non-hydrogen) atoms. The highest BCUT2D eigenvalue weighted by molar-refractivity contribution is 7.86. The van der Waals surface area contributed by atoms with Gasteiger partial charge in [0.05, 0.1) is 25.7 Å². The summed E-state index contributed by atoms with van der Waals surface area (Å²) >= 11 is 0. The van der Waals surface area contributed by atoms with Crippen molar-refractivity contribution in [3.05, 3.63) is 71.8 Å². The van der Waals surface area contributed by atoms with Crippen LogP contribution in [0.25, 0.3) is 0 Å². The van der Waals surface area contributed by atoms with Gasteiger partial charge >= 0.3 is 0 Å². The van der Waals surface area contributed by atoms with Crippen molar-refractivity contribution in [2.75, 3.05) is 25.7 Å². The molecule has 2 aliphatic heterocycles. The molecular formula is C22H26O10S2. The Kier molecular flexibility index (Phi) is 7.69. The molecule has 0 bridgehead atoms. The lowest BCUT2D eigenvalue weighted by Gasteiger charge is -2.25. The van der Waals surface area contributed by atoms with Gasteiger partial charge in [0, 0.05) is 11.1 Å². The number of hydrogen-bond donors (Lipinski definition) is 0. The van der Waals surface area contributed by atoms with Gasteiger partial charge in [-0.1, -0.05) is 60.7 Å². The second-order valence-corrected chi connectivity index (χ2v) is 11.3. The van der Waals surface area contributed by atoms with Crippen LogP contribution in [0.3, 0.4) is 0 Å². The van der Waals surface area contributed by atoms with E-state index in [4.69, 9.17) is 27.3 Å². The number of rotatable bonds is 9. The summed E-state index contributed by atoms with van der Waals surface area (Å²) in [6, 6.07) is 18.2. The zero-order valence-corrected chi connectivity index (χ0v) is 20.2. The van der Waals surface area contributed by atoms with Crippen molar-refractivity contribution < 1.29 is 44.1 Å². The molecule has 0 amide bonds. The highest BCUT2D eigenvalue weighted by Crippen LogP contribution is 2.41. The molecule has 0 spiro atoms. The fourth-order valence-electron chi connectivity index (χ4n) is 3.76. The van der Waals surface area contributed by atoms with Gasteiger partial charge in [0.25, 0.3) is 20.2 Å². The summed E-state index contributed by atoms with van der Waals surface area (Å²) < 4.78 is 80.8. The van der Waals surface area contributed by atoms with Crippen LogP contribution in [0.1, 0.15) is 23.7 Å². The van der Waals surface area contributed by atoms with Crippen LogP contribution in [-0.2, 0) is 47.5 Å². The Balaban J connectivity index is 1.60. The molecule has 0 N–H and O–H groups in total. The fourth-order valence-corrected chi connectivity index (χ4v) is 4.52. The van der Waals surface area contributed by atoms with Crippen molar-refractivity contribution in [3.8, 4) is 0 Å². The van der Waals surface area contributed by atoms with E-state index in [0.717, 1.165) is 23.6 Å². The summed E-state index contributed by atoms with van der Waals surface area (Å²) in [5.74, 6) is 0. The molecule has 12 heteroatoms. The molecule has 0 saturated carbocycles. The van der Waals surface area contributed by atoms with Gasteiger partial charge in [-0.2, -0.15) is 16.8 Å². The molecule has 2 saturated heterocycles. The Labute approximate surface area is 198 Å². The minimum absolute atomic E-state index is 0.317. The van der Waals surface area contributed by atoms with E-state index in [1.54, 1.807) is 0 Å². The van der Waals surface area contributed by atoms with Crippen molar-refractivity contribution in [3.63, 3.8) is 0 Å². The number of hydrogen-bond acceptors (Lipinski definition) is 10. The van der Waals surface area contributed by atoms with E-state index in [1.165, 1.54) is 0 Å². The summed E-state index contributed by atoms with van der Waals surface area (Å²) in [6.07, 6.45) is -3.10. The predicted molar refractivity (Wildman–Crippen MR) is 119 cm³/mol. The van der Waals surface area contributed by atoms with E-state index < -0.39 is 57.2 Å². The zero-order chi connectivity index (χ0) is 24.3. The minimum Gasteiger partial charge on any atom is -0.340 e. The predicted octanol–water partition coefficient (Wildman–Crippen LogP) is 1.90. The van der Waals surface area contributed by atoms with E-state index in [9.17, 15) is 16.8 Å². The van der Waals surface area contributed by atoms with Crippen LogP contribution in [0.5, 0.6) is 0 Å². The molecule has 2 aromatic rings. The SMILES string of the molecule is CS(=O)(=O)OC[C@@H]1O[C@H](c2ccccc2)O[C@@H]1[C@@H]1O[C@H](c2ccccc2)O[C@@H]1COS(C)(=O)=O. The monoisotopic (exact) mass is 514 g/mol. The van der Waals surface area contributed by atoms with E-state index in [2.05, 4.69) is 0 Å². The van der Waals surface area contributed by atoms with E-state index in [0.29, 0.717) is 0 Å². The third kappa shape index (κ3) is 6.61. The van der Waals surface area contributed by atoms with Gasteiger partial charge in [-0.3, -0.25) is 8.37 Å². The normalized spacial score (nSPS) is 29.9. The third-order valence-corrected chi connectivity index (χ3v) is 6.38. The maximum absolute atomic E-state index is 11.6.